The van der Waals surface area contributed by atoms with Crippen LogP contribution in [0.5, 0.6) is 0 Å². The number of carboxylic acids is 1. The predicted octanol–water partition coefficient (Wildman–Crippen LogP) is 3.81. The molecule has 0 aromatic carbocycles. The maximum absolute atomic E-state index is 12.6. The summed E-state index contributed by atoms with van der Waals surface area (Å²) in [6.45, 7) is 8.20. The third kappa shape index (κ3) is 4.94. The van der Waals surface area contributed by atoms with Crippen LogP contribution in [0.15, 0.2) is 16.7 Å². The SMILES string of the molecule is CCN(C(=O)OC(C)(C)C)c1ncc(Br)cc1[C@H]1CCOC[C@@H]1C(=O)O. The van der Waals surface area contributed by atoms with Crippen LogP contribution in [0.1, 0.15) is 45.6 Å². The molecule has 2 rings (SSSR count). The van der Waals surface area contributed by atoms with Crippen molar-refractivity contribution in [1.29, 1.82) is 0 Å². The molecule has 1 aliphatic rings. The lowest BCUT2D eigenvalue weighted by Gasteiger charge is -2.33. The molecule has 2 heterocycles. The van der Waals surface area contributed by atoms with Crippen LogP contribution in [0.2, 0.25) is 0 Å². The predicted molar refractivity (Wildman–Crippen MR) is 100 cm³/mol. The average molecular weight is 429 g/mol. The first-order chi connectivity index (χ1) is 12.1. The first-order valence-corrected chi connectivity index (χ1v) is 9.39. The number of carbonyl (C=O) groups is 2. The van der Waals surface area contributed by atoms with E-state index < -0.39 is 23.6 Å². The van der Waals surface area contributed by atoms with E-state index in [-0.39, 0.29) is 12.5 Å². The van der Waals surface area contributed by atoms with E-state index in [0.29, 0.717) is 31.0 Å². The summed E-state index contributed by atoms with van der Waals surface area (Å²) in [6.07, 6.45) is 1.64. The highest BCUT2D eigenvalue weighted by molar-refractivity contribution is 9.10. The van der Waals surface area contributed by atoms with Crippen molar-refractivity contribution in [1.82, 2.24) is 4.98 Å². The van der Waals surface area contributed by atoms with Crippen LogP contribution in [0.3, 0.4) is 0 Å². The van der Waals surface area contributed by atoms with Crippen molar-refractivity contribution in [2.75, 3.05) is 24.7 Å². The zero-order valence-electron chi connectivity index (χ0n) is 15.5. The molecule has 2 atom stereocenters. The van der Waals surface area contributed by atoms with Gasteiger partial charge in [0.15, 0.2) is 0 Å². The zero-order chi connectivity index (χ0) is 19.5. The smallest absolute Gasteiger partial charge is 0.415 e. The monoisotopic (exact) mass is 428 g/mol. The number of hydrogen-bond donors (Lipinski definition) is 1. The number of carbonyl (C=O) groups excluding carboxylic acids is 1. The van der Waals surface area contributed by atoms with E-state index in [9.17, 15) is 14.7 Å². The van der Waals surface area contributed by atoms with E-state index in [2.05, 4.69) is 20.9 Å². The van der Waals surface area contributed by atoms with Crippen molar-refractivity contribution in [3.8, 4) is 0 Å². The first kappa shape index (κ1) is 20.6. The molecule has 0 spiro atoms. The highest BCUT2D eigenvalue weighted by atomic mass is 79.9. The van der Waals surface area contributed by atoms with Gasteiger partial charge in [0, 0.05) is 35.3 Å². The number of anilines is 1. The van der Waals surface area contributed by atoms with E-state index in [1.54, 1.807) is 27.0 Å². The van der Waals surface area contributed by atoms with Crippen molar-refractivity contribution in [2.24, 2.45) is 5.92 Å². The molecule has 1 aromatic rings. The number of halogens is 1. The van der Waals surface area contributed by atoms with Crippen molar-refractivity contribution in [2.45, 2.75) is 45.6 Å². The van der Waals surface area contributed by atoms with Gasteiger partial charge in [-0.25, -0.2) is 9.78 Å². The Labute approximate surface area is 161 Å². The Morgan fingerprint density at radius 3 is 2.73 bits per heavy atom. The molecule has 0 radical (unpaired) electrons. The van der Waals surface area contributed by atoms with Crippen LogP contribution in [0, 0.1) is 5.92 Å². The van der Waals surface area contributed by atoms with Crippen molar-refractivity contribution < 1.29 is 24.2 Å². The molecule has 8 heteroatoms. The third-order valence-corrected chi connectivity index (χ3v) is 4.55. The summed E-state index contributed by atoms with van der Waals surface area (Å²) >= 11 is 3.40. The first-order valence-electron chi connectivity index (χ1n) is 8.60. The zero-order valence-corrected chi connectivity index (χ0v) is 17.1. The summed E-state index contributed by atoms with van der Waals surface area (Å²) in [7, 11) is 0. The third-order valence-electron chi connectivity index (χ3n) is 4.12. The van der Waals surface area contributed by atoms with Gasteiger partial charge in [0.05, 0.1) is 12.5 Å². The van der Waals surface area contributed by atoms with Gasteiger partial charge in [0.1, 0.15) is 11.4 Å². The van der Waals surface area contributed by atoms with E-state index in [1.165, 1.54) is 4.90 Å². The van der Waals surface area contributed by atoms with Crippen molar-refractivity contribution >= 4 is 33.8 Å². The molecule has 0 aliphatic carbocycles. The topological polar surface area (TPSA) is 89.0 Å². The number of aromatic nitrogens is 1. The van der Waals surface area contributed by atoms with Crippen LogP contribution in [0.4, 0.5) is 10.6 Å². The number of aliphatic carboxylic acids is 1. The second-order valence-corrected chi connectivity index (χ2v) is 8.12. The van der Waals surface area contributed by atoms with Crippen molar-refractivity contribution in [3.05, 3.63) is 22.3 Å². The Morgan fingerprint density at radius 2 is 2.15 bits per heavy atom. The van der Waals surface area contributed by atoms with Gasteiger partial charge in [-0.05, 0) is 56.1 Å². The number of pyridine rings is 1. The largest absolute Gasteiger partial charge is 0.481 e. The van der Waals surface area contributed by atoms with Crippen LogP contribution in [-0.4, -0.2) is 47.5 Å². The molecule has 1 aliphatic heterocycles. The van der Waals surface area contributed by atoms with Gasteiger partial charge >= 0.3 is 12.1 Å². The van der Waals surface area contributed by atoms with Crippen LogP contribution >= 0.6 is 15.9 Å². The molecule has 26 heavy (non-hydrogen) atoms. The fourth-order valence-corrected chi connectivity index (χ4v) is 3.33. The quantitative estimate of drug-likeness (QED) is 0.783. The lowest BCUT2D eigenvalue weighted by atomic mass is 9.82. The van der Waals surface area contributed by atoms with Crippen LogP contribution in [-0.2, 0) is 14.3 Å². The summed E-state index contributed by atoms with van der Waals surface area (Å²) in [5.41, 5.74) is 0.0743. The number of nitrogens with zero attached hydrogens (tertiary/aromatic N) is 2. The standard InChI is InChI=1S/C18H25BrN2O5/c1-5-21(17(24)26-18(2,3)4)15-13(8-11(19)9-20-15)12-6-7-25-10-14(12)16(22)23/h8-9,12,14H,5-7,10H2,1-4H3,(H,22,23)/t12-,14+/m1/s1. The fraction of sp³-hybridized carbons (Fsp3) is 0.611. The molecule has 1 N–H and O–H groups in total. The van der Waals surface area contributed by atoms with Crippen molar-refractivity contribution in [3.63, 3.8) is 0 Å². The molecule has 1 saturated heterocycles. The maximum atomic E-state index is 12.6. The number of ether oxygens (including phenoxy) is 2. The van der Waals surface area contributed by atoms with E-state index in [4.69, 9.17) is 9.47 Å². The highest BCUT2D eigenvalue weighted by Gasteiger charge is 2.36. The minimum Gasteiger partial charge on any atom is -0.481 e. The lowest BCUT2D eigenvalue weighted by molar-refractivity contribution is -0.147. The molecule has 144 valence electrons. The van der Waals surface area contributed by atoms with Gasteiger partial charge in [0.2, 0.25) is 0 Å². The minimum atomic E-state index is -0.916. The number of hydrogen-bond acceptors (Lipinski definition) is 5. The molecule has 1 amide bonds. The Bertz CT molecular complexity index is 674. The Kier molecular flexibility index (Phi) is 6.63. The van der Waals surface area contributed by atoms with Gasteiger partial charge in [-0.15, -0.1) is 0 Å². The number of rotatable bonds is 4. The molecular formula is C18H25BrN2O5. The van der Waals surface area contributed by atoms with Crippen LogP contribution in [0.25, 0.3) is 0 Å². The molecule has 0 saturated carbocycles. The van der Waals surface area contributed by atoms with Gasteiger partial charge in [0.25, 0.3) is 0 Å². The van der Waals surface area contributed by atoms with Gasteiger partial charge in [-0.3, -0.25) is 9.69 Å². The van der Waals surface area contributed by atoms with Crippen LogP contribution < -0.4 is 4.90 Å². The van der Waals surface area contributed by atoms with Gasteiger partial charge in [-0.2, -0.15) is 0 Å². The molecule has 7 nitrogen and oxygen atoms in total. The molecular weight excluding hydrogens is 404 g/mol. The summed E-state index contributed by atoms with van der Waals surface area (Å²) in [6, 6.07) is 1.83. The normalized spacial score (nSPS) is 20.5. The molecule has 1 fully saturated rings. The Balaban J connectivity index is 2.45. The fourth-order valence-electron chi connectivity index (χ4n) is 2.98. The molecule has 0 bridgehead atoms. The molecule has 1 aromatic heterocycles. The molecule has 0 unspecified atom stereocenters. The minimum absolute atomic E-state index is 0.143. The van der Waals surface area contributed by atoms with E-state index >= 15 is 0 Å². The van der Waals surface area contributed by atoms with E-state index in [0.717, 1.165) is 4.47 Å². The highest BCUT2D eigenvalue weighted by Crippen LogP contribution is 2.38. The Morgan fingerprint density at radius 1 is 1.46 bits per heavy atom. The number of amides is 1. The summed E-state index contributed by atoms with van der Waals surface area (Å²) in [5.74, 6) is -1.46. The second-order valence-electron chi connectivity index (χ2n) is 7.21. The maximum Gasteiger partial charge on any atom is 0.415 e. The second kappa shape index (κ2) is 8.35. The van der Waals surface area contributed by atoms with Gasteiger partial charge < -0.3 is 14.6 Å². The lowest BCUT2D eigenvalue weighted by Crippen LogP contribution is -2.39. The van der Waals surface area contributed by atoms with E-state index in [1.807, 2.05) is 13.0 Å². The summed E-state index contributed by atoms with van der Waals surface area (Å²) in [4.78, 5) is 30.2. The average Bonchev–Trinajstić information content (AvgIpc) is 2.55. The summed E-state index contributed by atoms with van der Waals surface area (Å²) in [5, 5.41) is 9.57. The number of carboxylic acid groups (broad SMARTS) is 1. The Hall–Kier alpha value is -1.67. The van der Waals surface area contributed by atoms with Gasteiger partial charge in [-0.1, -0.05) is 0 Å². The summed E-state index contributed by atoms with van der Waals surface area (Å²) < 4.78 is 11.6.